The number of Topliss-reactive ketones (excluding diaryl/α,β-unsaturated/α-hetero) is 1. The summed E-state index contributed by atoms with van der Waals surface area (Å²) < 4.78 is 17.5. The molecule has 0 fully saturated rings. The van der Waals surface area contributed by atoms with Crippen molar-refractivity contribution >= 4 is 17.4 Å². The van der Waals surface area contributed by atoms with Gasteiger partial charge in [-0.1, -0.05) is 0 Å². The smallest absolute Gasteiger partial charge is 0.181 e. The number of halogens is 2. The second-order valence-corrected chi connectivity index (χ2v) is 2.67. The second-order valence-electron chi connectivity index (χ2n) is 2.40. The van der Waals surface area contributed by atoms with Crippen molar-refractivity contribution in [2.45, 2.75) is 0 Å². The monoisotopic (exact) mass is 202 g/mol. The fraction of sp³-hybridized carbons (Fsp3) is 0.222. The molecule has 2 nitrogen and oxygen atoms in total. The van der Waals surface area contributed by atoms with Gasteiger partial charge in [0.2, 0.25) is 0 Å². The van der Waals surface area contributed by atoms with Gasteiger partial charge in [-0.15, -0.1) is 11.6 Å². The summed E-state index contributed by atoms with van der Waals surface area (Å²) in [5.41, 5.74) is 0.305. The van der Waals surface area contributed by atoms with Crippen LogP contribution in [0.2, 0.25) is 0 Å². The summed E-state index contributed by atoms with van der Waals surface area (Å²) >= 11 is 5.36. The van der Waals surface area contributed by atoms with Crippen LogP contribution in [-0.4, -0.2) is 18.8 Å². The number of carbonyl (C=O) groups excluding carboxylic acids is 1. The van der Waals surface area contributed by atoms with Crippen LogP contribution in [0, 0.1) is 5.82 Å². The number of carbonyl (C=O) groups is 1. The highest BCUT2D eigenvalue weighted by atomic mass is 35.5. The number of rotatable bonds is 3. The molecule has 4 heteroatoms. The molecule has 1 aromatic rings. The van der Waals surface area contributed by atoms with E-state index in [-0.39, 0.29) is 17.4 Å². The summed E-state index contributed by atoms with van der Waals surface area (Å²) in [7, 11) is 1.37. The minimum atomic E-state index is -0.442. The van der Waals surface area contributed by atoms with Crippen LogP contribution in [0.4, 0.5) is 4.39 Å². The maximum atomic E-state index is 12.7. The van der Waals surface area contributed by atoms with Gasteiger partial charge in [-0.3, -0.25) is 4.79 Å². The second kappa shape index (κ2) is 4.23. The molecule has 0 radical (unpaired) electrons. The van der Waals surface area contributed by atoms with Crippen molar-refractivity contribution in [1.29, 1.82) is 0 Å². The Balaban J connectivity index is 3.13. The van der Waals surface area contributed by atoms with Gasteiger partial charge in [-0.25, -0.2) is 4.39 Å². The van der Waals surface area contributed by atoms with E-state index < -0.39 is 5.82 Å². The number of alkyl halides is 1. The number of benzene rings is 1. The molecule has 0 amide bonds. The Kier molecular flexibility index (Phi) is 3.25. The Hall–Kier alpha value is -1.09. The predicted molar refractivity (Wildman–Crippen MR) is 48.0 cm³/mol. The first-order valence-electron chi connectivity index (χ1n) is 3.61. The van der Waals surface area contributed by atoms with E-state index in [1.54, 1.807) is 0 Å². The standard InChI is InChI=1S/C9H8ClFO2/c1-13-9-4-6(11)2-3-7(9)8(12)5-10/h2-4H,5H2,1H3. The Morgan fingerprint density at radius 1 is 1.62 bits per heavy atom. The molecule has 70 valence electrons. The molecule has 0 bridgehead atoms. The molecule has 0 saturated heterocycles. The van der Waals surface area contributed by atoms with E-state index >= 15 is 0 Å². The molecule has 0 spiro atoms. The van der Waals surface area contributed by atoms with Crippen molar-refractivity contribution in [3.8, 4) is 5.75 Å². The van der Waals surface area contributed by atoms with Crippen molar-refractivity contribution in [2.75, 3.05) is 13.0 Å². The van der Waals surface area contributed by atoms with Crippen LogP contribution >= 0.6 is 11.6 Å². The molecule has 0 aliphatic heterocycles. The number of methoxy groups -OCH3 is 1. The molecular weight excluding hydrogens is 195 g/mol. The number of hydrogen-bond donors (Lipinski definition) is 0. The normalized spacial score (nSPS) is 9.77. The van der Waals surface area contributed by atoms with E-state index in [1.807, 2.05) is 0 Å². The van der Waals surface area contributed by atoms with Crippen LogP contribution < -0.4 is 4.74 Å². The van der Waals surface area contributed by atoms with Crippen molar-refractivity contribution in [3.63, 3.8) is 0 Å². The molecular formula is C9H8ClFO2. The maximum absolute atomic E-state index is 12.7. The SMILES string of the molecule is COc1cc(F)ccc1C(=O)CCl. The highest BCUT2D eigenvalue weighted by molar-refractivity contribution is 6.30. The molecule has 1 rings (SSSR count). The summed E-state index contributed by atoms with van der Waals surface area (Å²) in [6, 6.07) is 3.71. The van der Waals surface area contributed by atoms with E-state index in [9.17, 15) is 9.18 Å². The van der Waals surface area contributed by atoms with Crippen LogP contribution in [0.1, 0.15) is 10.4 Å². The summed E-state index contributed by atoms with van der Waals surface area (Å²) in [5, 5.41) is 0. The topological polar surface area (TPSA) is 26.3 Å². The van der Waals surface area contributed by atoms with Crippen molar-refractivity contribution in [2.24, 2.45) is 0 Å². The van der Waals surface area contributed by atoms with E-state index in [1.165, 1.54) is 19.2 Å². The van der Waals surface area contributed by atoms with Gasteiger partial charge in [0.1, 0.15) is 11.6 Å². The lowest BCUT2D eigenvalue weighted by Gasteiger charge is -2.05. The Labute approximate surface area is 80.3 Å². The Morgan fingerprint density at radius 3 is 2.85 bits per heavy atom. The van der Waals surface area contributed by atoms with Crippen LogP contribution in [0.15, 0.2) is 18.2 Å². The lowest BCUT2D eigenvalue weighted by atomic mass is 10.1. The van der Waals surface area contributed by atoms with Crippen molar-refractivity contribution in [3.05, 3.63) is 29.6 Å². The molecule has 0 saturated carbocycles. The average Bonchev–Trinajstić information content (AvgIpc) is 2.16. The lowest BCUT2D eigenvalue weighted by molar-refractivity contribution is 0.101. The summed E-state index contributed by atoms with van der Waals surface area (Å²) in [4.78, 5) is 11.2. The fourth-order valence-corrected chi connectivity index (χ4v) is 1.11. The van der Waals surface area contributed by atoms with Gasteiger partial charge in [-0.05, 0) is 12.1 Å². The summed E-state index contributed by atoms with van der Waals surface area (Å²) in [5.74, 6) is -0.644. The van der Waals surface area contributed by atoms with Crippen LogP contribution in [-0.2, 0) is 0 Å². The molecule has 0 aromatic heterocycles. The maximum Gasteiger partial charge on any atom is 0.181 e. The molecule has 0 aliphatic carbocycles. The van der Waals surface area contributed by atoms with Gasteiger partial charge >= 0.3 is 0 Å². The van der Waals surface area contributed by atoms with Gasteiger partial charge in [0.05, 0.1) is 18.6 Å². The summed E-state index contributed by atoms with van der Waals surface area (Å²) in [6.07, 6.45) is 0. The zero-order valence-electron chi connectivity index (χ0n) is 7.01. The largest absolute Gasteiger partial charge is 0.496 e. The van der Waals surface area contributed by atoms with Crippen LogP contribution in [0.3, 0.4) is 0 Å². The van der Waals surface area contributed by atoms with Gasteiger partial charge in [0, 0.05) is 6.07 Å². The molecule has 1 aromatic carbocycles. The number of hydrogen-bond acceptors (Lipinski definition) is 2. The molecule has 0 unspecified atom stereocenters. The molecule has 0 N–H and O–H groups in total. The molecule has 13 heavy (non-hydrogen) atoms. The number of ether oxygens (including phenoxy) is 1. The quantitative estimate of drug-likeness (QED) is 0.555. The molecule has 0 aliphatic rings. The van der Waals surface area contributed by atoms with E-state index in [4.69, 9.17) is 16.3 Å². The zero-order chi connectivity index (χ0) is 9.84. The Bertz CT molecular complexity index is 325. The lowest BCUT2D eigenvalue weighted by Crippen LogP contribution is -2.03. The third kappa shape index (κ3) is 2.18. The van der Waals surface area contributed by atoms with Crippen molar-refractivity contribution in [1.82, 2.24) is 0 Å². The highest BCUT2D eigenvalue weighted by Gasteiger charge is 2.11. The first kappa shape index (κ1) is 9.99. The van der Waals surface area contributed by atoms with Gasteiger partial charge in [0.15, 0.2) is 5.78 Å². The number of ketones is 1. The van der Waals surface area contributed by atoms with Crippen LogP contribution in [0.5, 0.6) is 5.75 Å². The Morgan fingerprint density at radius 2 is 2.31 bits per heavy atom. The highest BCUT2D eigenvalue weighted by Crippen LogP contribution is 2.20. The average molecular weight is 203 g/mol. The third-order valence-corrected chi connectivity index (χ3v) is 1.83. The molecule has 0 atom stereocenters. The van der Waals surface area contributed by atoms with E-state index in [0.29, 0.717) is 5.56 Å². The van der Waals surface area contributed by atoms with Gasteiger partial charge < -0.3 is 4.74 Å². The van der Waals surface area contributed by atoms with Crippen molar-refractivity contribution < 1.29 is 13.9 Å². The van der Waals surface area contributed by atoms with Gasteiger partial charge in [-0.2, -0.15) is 0 Å². The minimum absolute atomic E-state index is 0.137. The first-order chi connectivity index (χ1) is 6.19. The zero-order valence-corrected chi connectivity index (χ0v) is 7.77. The minimum Gasteiger partial charge on any atom is -0.496 e. The van der Waals surface area contributed by atoms with Gasteiger partial charge in [0.25, 0.3) is 0 Å². The molecule has 0 heterocycles. The third-order valence-electron chi connectivity index (χ3n) is 1.59. The summed E-state index contributed by atoms with van der Waals surface area (Å²) in [6.45, 7) is 0. The predicted octanol–water partition coefficient (Wildman–Crippen LogP) is 2.26. The van der Waals surface area contributed by atoms with E-state index in [0.717, 1.165) is 6.07 Å². The first-order valence-corrected chi connectivity index (χ1v) is 4.15. The fourth-order valence-electron chi connectivity index (χ4n) is 0.967. The van der Waals surface area contributed by atoms with Crippen LogP contribution in [0.25, 0.3) is 0 Å². The van der Waals surface area contributed by atoms with E-state index in [2.05, 4.69) is 0 Å².